The van der Waals surface area contributed by atoms with Crippen LogP contribution in [0.2, 0.25) is 0 Å². The van der Waals surface area contributed by atoms with Crippen molar-refractivity contribution in [1.82, 2.24) is 9.78 Å². The Balaban J connectivity index is 2.45. The second kappa shape index (κ2) is 2.53. The van der Waals surface area contributed by atoms with Gasteiger partial charge in [0.05, 0.1) is 15.5 Å². The van der Waals surface area contributed by atoms with Crippen molar-refractivity contribution in [3.05, 3.63) is 15.5 Å². The maximum Gasteiger partial charge on any atom is 0.0626 e. The third-order valence-electron chi connectivity index (χ3n) is 1.93. The van der Waals surface area contributed by atoms with Gasteiger partial charge in [-0.15, -0.1) is 0 Å². The number of hydrogen-bond donors (Lipinski definition) is 0. The molecule has 0 radical (unpaired) electrons. The van der Waals surface area contributed by atoms with Gasteiger partial charge in [0.2, 0.25) is 0 Å². The molecular weight excluding hydrogens is 239 g/mol. The van der Waals surface area contributed by atoms with Crippen LogP contribution in [0.5, 0.6) is 0 Å². The van der Waals surface area contributed by atoms with Gasteiger partial charge in [0, 0.05) is 6.54 Å². The second-order valence-electron chi connectivity index (χ2n) is 2.62. The number of halogens is 1. The standard InChI is InChI=1S/C7H9IN2/c8-6-5-9-10-4-2-1-3-7(6)10/h5H,1-4H2. The average Bonchev–Trinajstić information content (AvgIpc) is 2.34. The van der Waals surface area contributed by atoms with Crippen LogP contribution in [-0.2, 0) is 13.0 Å². The van der Waals surface area contributed by atoms with E-state index in [0.29, 0.717) is 0 Å². The van der Waals surface area contributed by atoms with Gasteiger partial charge in [0.1, 0.15) is 0 Å². The molecule has 0 atom stereocenters. The van der Waals surface area contributed by atoms with E-state index in [9.17, 15) is 0 Å². The summed E-state index contributed by atoms with van der Waals surface area (Å²) < 4.78 is 3.46. The Kier molecular flexibility index (Phi) is 1.68. The first-order chi connectivity index (χ1) is 4.88. The molecule has 0 bridgehead atoms. The number of rotatable bonds is 0. The monoisotopic (exact) mass is 248 g/mol. The van der Waals surface area contributed by atoms with E-state index >= 15 is 0 Å². The highest BCUT2D eigenvalue weighted by Gasteiger charge is 2.11. The fourth-order valence-electron chi connectivity index (χ4n) is 1.38. The molecule has 1 aromatic heterocycles. The van der Waals surface area contributed by atoms with Gasteiger partial charge in [-0.25, -0.2) is 0 Å². The lowest BCUT2D eigenvalue weighted by Crippen LogP contribution is -2.11. The largest absolute Gasteiger partial charge is 0.269 e. The van der Waals surface area contributed by atoms with Crippen molar-refractivity contribution in [3.8, 4) is 0 Å². The average molecular weight is 248 g/mol. The van der Waals surface area contributed by atoms with E-state index in [2.05, 4.69) is 32.4 Å². The number of aromatic nitrogens is 2. The summed E-state index contributed by atoms with van der Waals surface area (Å²) in [5, 5.41) is 4.27. The second-order valence-corrected chi connectivity index (χ2v) is 3.78. The van der Waals surface area contributed by atoms with Crippen molar-refractivity contribution < 1.29 is 0 Å². The Hall–Kier alpha value is -0.0600. The third kappa shape index (κ3) is 0.962. The highest BCUT2D eigenvalue weighted by atomic mass is 127. The van der Waals surface area contributed by atoms with Crippen LogP contribution in [0.15, 0.2) is 6.20 Å². The van der Waals surface area contributed by atoms with E-state index in [1.165, 1.54) is 28.5 Å². The molecule has 0 spiro atoms. The molecule has 0 amide bonds. The number of fused-ring (bicyclic) bond motifs is 1. The minimum absolute atomic E-state index is 1.12. The van der Waals surface area contributed by atoms with Gasteiger partial charge < -0.3 is 0 Å². The van der Waals surface area contributed by atoms with E-state index in [-0.39, 0.29) is 0 Å². The van der Waals surface area contributed by atoms with Gasteiger partial charge in [-0.2, -0.15) is 5.10 Å². The molecule has 2 heterocycles. The predicted octanol–water partition coefficient (Wildman–Crippen LogP) is 1.82. The lowest BCUT2D eigenvalue weighted by atomic mass is 10.1. The van der Waals surface area contributed by atoms with E-state index < -0.39 is 0 Å². The lowest BCUT2D eigenvalue weighted by Gasteiger charge is -2.12. The quantitative estimate of drug-likeness (QED) is 0.640. The summed E-state index contributed by atoms with van der Waals surface area (Å²) >= 11 is 2.36. The SMILES string of the molecule is Ic1cnn2c1CCCC2. The topological polar surface area (TPSA) is 17.8 Å². The Bertz CT molecular complexity index is 242. The number of aryl methyl sites for hydroxylation is 1. The summed E-state index contributed by atoms with van der Waals surface area (Å²) in [4.78, 5) is 0. The van der Waals surface area contributed by atoms with Gasteiger partial charge in [0.25, 0.3) is 0 Å². The number of hydrogen-bond acceptors (Lipinski definition) is 1. The van der Waals surface area contributed by atoms with Gasteiger partial charge in [0.15, 0.2) is 0 Å². The van der Waals surface area contributed by atoms with Crippen molar-refractivity contribution in [2.45, 2.75) is 25.8 Å². The minimum Gasteiger partial charge on any atom is -0.269 e. The molecule has 0 aromatic carbocycles. The first kappa shape index (κ1) is 6.64. The van der Waals surface area contributed by atoms with Gasteiger partial charge >= 0.3 is 0 Å². The van der Waals surface area contributed by atoms with Gasteiger partial charge in [-0.05, 0) is 41.9 Å². The highest BCUT2D eigenvalue weighted by molar-refractivity contribution is 14.1. The van der Waals surface area contributed by atoms with E-state index in [1.807, 2.05) is 6.20 Å². The lowest BCUT2D eigenvalue weighted by molar-refractivity contribution is 0.485. The molecule has 2 rings (SSSR count). The molecule has 54 valence electrons. The molecule has 0 N–H and O–H groups in total. The van der Waals surface area contributed by atoms with E-state index in [0.717, 1.165) is 6.54 Å². The van der Waals surface area contributed by atoms with Crippen molar-refractivity contribution >= 4 is 22.6 Å². The summed E-state index contributed by atoms with van der Waals surface area (Å²) in [6.07, 6.45) is 5.81. The Morgan fingerprint density at radius 3 is 3.20 bits per heavy atom. The molecule has 1 aromatic rings. The van der Waals surface area contributed by atoms with Crippen molar-refractivity contribution in [2.75, 3.05) is 0 Å². The van der Waals surface area contributed by atoms with Crippen LogP contribution in [0.4, 0.5) is 0 Å². The van der Waals surface area contributed by atoms with Crippen LogP contribution in [0, 0.1) is 3.57 Å². The zero-order valence-electron chi connectivity index (χ0n) is 5.68. The Labute approximate surface area is 73.8 Å². The van der Waals surface area contributed by atoms with E-state index in [4.69, 9.17) is 0 Å². The molecule has 1 aliphatic rings. The van der Waals surface area contributed by atoms with Crippen molar-refractivity contribution in [1.29, 1.82) is 0 Å². The molecule has 10 heavy (non-hydrogen) atoms. The van der Waals surface area contributed by atoms with Crippen molar-refractivity contribution in [3.63, 3.8) is 0 Å². The summed E-state index contributed by atoms with van der Waals surface area (Å²) in [7, 11) is 0. The molecule has 0 saturated heterocycles. The zero-order chi connectivity index (χ0) is 6.97. The van der Waals surface area contributed by atoms with Crippen LogP contribution in [-0.4, -0.2) is 9.78 Å². The summed E-state index contributed by atoms with van der Waals surface area (Å²) in [5.74, 6) is 0. The molecule has 0 fully saturated rings. The van der Waals surface area contributed by atoms with Crippen LogP contribution >= 0.6 is 22.6 Å². The zero-order valence-corrected chi connectivity index (χ0v) is 7.84. The summed E-state index contributed by atoms with van der Waals surface area (Å²) in [6.45, 7) is 1.12. The molecule has 3 heteroatoms. The van der Waals surface area contributed by atoms with Crippen LogP contribution in [0.3, 0.4) is 0 Å². The molecule has 0 unspecified atom stereocenters. The van der Waals surface area contributed by atoms with Crippen LogP contribution in [0.25, 0.3) is 0 Å². The molecule has 0 aliphatic carbocycles. The third-order valence-corrected chi connectivity index (χ3v) is 2.83. The molecule has 0 saturated carbocycles. The molecular formula is C7H9IN2. The first-order valence-electron chi connectivity index (χ1n) is 3.58. The smallest absolute Gasteiger partial charge is 0.0626 e. The summed E-state index contributed by atoms with van der Waals surface area (Å²) in [6, 6.07) is 0. The fraction of sp³-hybridized carbons (Fsp3) is 0.571. The maximum atomic E-state index is 4.27. The van der Waals surface area contributed by atoms with Crippen molar-refractivity contribution in [2.24, 2.45) is 0 Å². The first-order valence-corrected chi connectivity index (χ1v) is 4.66. The molecule has 1 aliphatic heterocycles. The molecule has 2 nitrogen and oxygen atoms in total. The Morgan fingerprint density at radius 1 is 1.50 bits per heavy atom. The minimum atomic E-state index is 1.12. The van der Waals surface area contributed by atoms with Gasteiger partial charge in [-0.1, -0.05) is 0 Å². The Morgan fingerprint density at radius 2 is 2.40 bits per heavy atom. The van der Waals surface area contributed by atoms with Crippen LogP contribution < -0.4 is 0 Å². The normalized spacial score (nSPS) is 16.9. The summed E-state index contributed by atoms with van der Waals surface area (Å²) in [5.41, 5.74) is 1.44. The fourth-order valence-corrected chi connectivity index (χ4v) is 2.06. The van der Waals surface area contributed by atoms with E-state index in [1.54, 1.807) is 0 Å². The van der Waals surface area contributed by atoms with Gasteiger partial charge in [-0.3, -0.25) is 4.68 Å². The number of nitrogens with zero attached hydrogens (tertiary/aromatic N) is 2. The van der Waals surface area contributed by atoms with Crippen LogP contribution in [0.1, 0.15) is 18.5 Å². The predicted molar refractivity (Wildman–Crippen MR) is 47.9 cm³/mol. The highest BCUT2D eigenvalue weighted by Crippen LogP contribution is 2.18. The maximum absolute atomic E-state index is 4.27.